The number of nitrogens with one attached hydrogen (secondary N) is 2. The van der Waals surface area contributed by atoms with Gasteiger partial charge in [0, 0.05) is 17.6 Å². The number of urea groups is 1. The van der Waals surface area contributed by atoms with Gasteiger partial charge in [0.15, 0.2) is 0 Å². The Hall–Kier alpha value is -1.14. The molecule has 1 saturated carbocycles. The van der Waals surface area contributed by atoms with Gasteiger partial charge in [-0.1, -0.05) is 20.8 Å². The summed E-state index contributed by atoms with van der Waals surface area (Å²) in [5.41, 5.74) is -0.240. The van der Waals surface area contributed by atoms with Crippen LogP contribution in [0, 0.1) is 18.3 Å². The van der Waals surface area contributed by atoms with Crippen molar-refractivity contribution in [2.75, 3.05) is 6.54 Å². The smallest absolute Gasteiger partial charge is 0.315 e. The second-order valence-electron chi connectivity index (χ2n) is 6.86. The number of hydrogen-bond acceptors (Lipinski definition) is 4. The first kappa shape index (κ1) is 16.2. The molecule has 2 atom stereocenters. The zero-order valence-corrected chi connectivity index (χ0v) is 14.0. The standard InChI is InChI=1S/C15H25N3O2S/c1-9-7-16-13(21-9)12(10-5-6-10)18-14(20)17-8-11(19)15(2,3)4/h7,10-12,19H,5-6,8H2,1-4H3,(H2,17,18,20). The van der Waals surface area contributed by atoms with Crippen LogP contribution in [0.15, 0.2) is 6.20 Å². The number of aliphatic hydroxyl groups is 1. The van der Waals surface area contributed by atoms with Crippen LogP contribution in [0.3, 0.4) is 0 Å². The number of aryl methyl sites for hydroxylation is 1. The molecule has 1 aromatic rings. The predicted molar refractivity (Wildman–Crippen MR) is 84.3 cm³/mol. The van der Waals surface area contributed by atoms with Crippen molar-refractivity contribution in [3.8, 4) is 0 Å². The van der Waals surface area contributed by atoms with Crippen LogP contribution in [-0.4, -0.2) is 28.8 Å². The predicted octanol–water partition coefficient (Wildman–Crippen LogP) is 2.61. The minimum absolute atomic E-state index is 0.00419. The van der Waals surface area contributed by atoms with E-state index >= 15 is 0 Å². The van der Waals surface area contributed by atoms with E-state index < -0.39 is 6.10 Å². The molecule has 1 aromatic heterocycles. The number of aliphatic hydroxyl groups excluding tert-OH is 1. The van der Waals surface area contributed by atoms with Crippen molar-refractivity contribution in [2.45, 2.75) is 52.7 Å². The Bertz CT molecular complexity index is 491. The summed E-state index contributed by atoms with van der Waals surface area (Å²) in [6.07, 6.45) is 3.55. The summed E-state index contributed by atoms with van der Waals surface area (Å²) in [5, 5.41) is 16.7. The van der Waals surface area contributed by atoms with Gasteiger partial charge in [-0.3, -0.25) is 0 Å². The van der Waals surface area contributed by atoms with Gasteiger partial charge >= 0.3 is 6.03 Å². The van der Waals surface area contributed by atoms with Crippen LogP contribution < -0.4 is 10.6 Å². The maximum absolute atomic E-state index is 12.0. The third-order valence-electron chi connectivity index (χ3n) is 3.74. The van der Waals surface area contributed by atoms with Gasteiger partial charge in [-0.25, -0.2) is 9.78 Å². The molecule has 0 aliphatic heterocycles. The lowest BCUT2D eigenvalue weighted by atomic mass is 9.89. The molecule has 0 saturated heterocycles. The second-order valence-corrected chi connectivity index (χ2v) is 8.13. The highest BCUT2D eigenvalue weighted by atomic mass is 32.1. The van der Waals surface area contributed by atoms with Crippen molar-refractivity contribution >= 4 is 17.4 Å². The van der Waals surface area contributed by atoms with Gasteiger partial charge in [0.2, 0.25) is 0 Å². The van der Waals surface area contributed by atoms with E-state index in [0.717, 1.165) is 22.7 Å². The summed E-state index contributed by atoms with van der Waals surface area (Å²) in [5.74, 6) is 0.494. The fourth-order valence-corrected chi connectivity index (χ4v) is 2.93. The Balaban J connectivity index is 1.88. The monoisotopic (exact) mass is 311 g/mol. The summed E-state index contributed by atoms with van der Waals surface area (Å²) in [6.45, 7) is 8.11. The van der Waals surface area contributed by atoms with E-state index in [1.807, 2.05) is 33.9 Å². The molecule has 1 aliphatic rings. The number of nitrogens with zero attached hydrogens (tertiary/aromatic N) is 1. The van der Waals surface area contributed by atoms with E-state index in [9.17, 15) is 9.90 Å². The summed E-state index contributed by atoms with van der Waals surface area (Å²) in [4.78, 5) is 17.6. The van der Waals surface area contributed by atoms with Gasteiger partial charge in [-0.15, -0.1) is 11.3 Å². The Morgan fingerprint density at radius 3 is 2.67 bits per heavy atom. The molecule has 2 amide bonds. The van der Waals surface area contributed by atoms with E-state index in [1.54, 1.807) is 11.3 Å². The minimum Gasteiger partial charge on any atom is -0.391 e. The minimum atomic E-state index is -0.565. The molecule has 118 valence electrons. The third kappa shape index (κ3) is 4.68. The topological polar surface area (TPSA) is 74.2 Å². The van der Waals surface area contributed by atoms with E-state index in [4.69, 9.17) is 0 Å². The average Bonchev–Trinajstić information content (AvgIpc) is 3.14. The number of thiazole rings is 1. The van der Waals surface area contributed by atoms with Crippen LogP contribution in [0.1, 0.15) is 49.5 Å². The average molecular weight is 311 g/mol. The second kappa shape index (κ2) is 6.32. The van der Waals surface area contributed by atoms with Crippen molar-refractivity contribution in [3.63, 3.8) is 0 Å². The molecule has 3 N–H and O–H groups in total. The van der Waals surface area contributed by atoms with E-state index in [-0.39, 0.29) is 24.0 Å². The van der Waals surface area contributed by atoms with Crippen LogP contribution in [-0.2, 0) is 0 Å². The van der Waals surface area contributed by atoms with Crippen molar-refractivity contribution in [3.05, 3.63) is 16.1 Å². The Morgan fingerprint density at radius 2 is 2.19 bits per heavy atom. The largest absolute Gasteiger partial charge is 0.391 e. The van der Waals surface area contributed by atoms with Crippen LogP contribution in [0.4, 0.5) is 4.79 Å². The number of amides is 2. The van der Waals surface area contributed by atoms with Crippen LogP contribution in [0.2, 0.25) is 0 Å². The molecule has 1 aliphatic carbocycles. The SMILES string of the molecule is Cc1cnc(C(NC(=O)NCC(O)C(C)(C)C)C2CC2)s1. The molecule has 2 unspecified atom stereocenters. The molecule has 2 rings (SSSR count). The Morgan fingerprint density at radius 1 is 1.52 bits per heavy atom. The molecule has 21 heavy (non-hydrogen) atoms. The highest BCUT2D eigenvalue weighted by molar-refractivity contribution is 7.11. The molecule has 1 fully saturated rings. The fourth-order valence-electron chi connectivity index (χ4n) is 2.01. The highest BCUT2D eigenvalue weighted by Gasteiger charge is 2.35. The van der Waals surface area contributed by atoms with Gasteiger partial charge in [-0.2, -0.15) is 0 Å². The molecular weight excluding hydrogens is 286 g/mol. The molecule has 5 nitrogen and oxygen atoms in total. The number of hydrogen-bond donors (Lipinski definition) is 3. The lowest BCUT2D eigenvalue weighted by molar-refractivity contribution is 0.0648. The van der Waals surface area contributed by atoms with Crippen LogP contribution in [0.5, 0.6) is 0 Å². The van der Waals surface area contributed by atoms with Crippen molar-refractivity contribution in [2.24, 2.45) is 11.3 Å². The third-order valence-corrected chi connectivity index (χ3v) is 4.74. The van der Waals surface area contributed by atoms with Crippen molar-refractivity contribution in [1.82, 2.24) is 15.6 Å². The van der Waals surface area contributed by atoms with Gasteiger partial charge in [-0.05, 0) is 31.1 Å². The maximum atomic E-state index is 12.0. The number of rotatable bonds is 5. The number of aromatic nitrogens is 1. The molecule has 0 bridgehead atoms. The fraction of sp³-hybridized carbons (Fsp3) is 0.733. The van der Waals surface area contributed by atoms with E-state index in [0.29, 0.717) is 5.92 Å². The lowest BCUT2D eigenvalue weighted by Gasteiger charge is -2.26. The number of carbonyl (C=O) groups is 1. The highest BCUT2D eigenvalue weighted by Crippen LogP contribution is 2.41. The van der Waals surface area contributed by atoms with E-state index in [1.165, 1.54) is 0 Å². The molecule has 0 radical (unpaired) electrons. The zero-order chi connectivity index (χ0) is 15.6. The summed E-state index contributed by atoms with van der Waals surface area (Å²) >= 11 is 1.63. The quantitative estimate of drug-likeness (QED) is 0.782. The molecule has 0 spiro atoms. The number of carbonyl (C=O) groups excluding carboxylic acids is 1. The first-order valence-corrected chi connectivity index (χ1v) is 8.24. The first-order chi connectivity index (χ1) is 9.77. The van der Waals surface area contributed by atoms with Gasteiger partial charge < -0.3 is 15.7 Å². The molecular formula is C15H25N3O2S. The maximum Gasteiger partial charge on any atom is 0.315 e. The van der Waals surface area contributed by atoms with Crippen LogP contribution >= 0.6 is 11.3 Å². The zero-order valence-electron chi connectivity index (χ0n) is 13.1. The Labute approximate surface area is 130 Å². The van der Waals surface area contributed by atoms with Gasteiger partial charge in [0.1, 0.15) is 5.01 Å². The van der Waals surface area contributed by atoms with E-state index in [2.05, 4.69) is 15.6 Å². The van der Waals surface area contributed by atoms with Gasteiger partial charge in [0.25, 0.3) is 0 Å². The van der Waals surface area contributed by atoms with Crippen molar-refractivity contribution < 1.29 is 9.90 Å². The molecule has 0 aromatic carbocycles. The Kier molecular flexibility index (Phi) is 4.88. The first-order valence-electron chi connectivity index (χ1n) is 7.42. The summed E-state index contributed by atoms with van der Waals surface area (Å²) in [7, 11) is 0. The van der Waals surface area contributed by atoms with Crippen LogP contribution in [0.25, 0.3) is 0 Å². The summed E-state index contributed by atoms with van der Waals surface area (Å²) in [6, 6.07) is -0.237. The normalized spacial score (nSPS) is 18.1. The molecule has 1 heterocycles. The summed E-state index contributed by atoms with van der Waals surface area (Å²) < 4.78 is 0. The van der Waals surface area contributed by atoms with Gasteiger partial charge in [0.05, 0.1) is 12.1 Å². The molecule has 6 heteroatoms. The van der Waals surface area contributed by atoms with Crippen molar-refractivity contribution in [1.29, 1.82) is 0 Å². The lowest BCUT2D eigenvalue weighted by Crippen LogP contribution is -2.44.